The molecule has 104 valence electrons. The lowest BCUT2D eigenvalue weighted by Crippen LogP contribution is -2.50. The minimum absolute atomic E-state index is 0.0281. The van der Waals surface area contributed by atoms with Crippen molar-refractivity contribution in [3.05, 3.63) is 29.8 Å². The van der Waals surface area contributed by atoms with E-state index in [1.807, 2.05) is 19.2 Å². The van der Waals surface area contributed by atoms with Crippen molar-refractivity contribution in [1.29, 1.82) is 0 Å². The van der Waals surface area contributed by atoms with Gasteiger partial charge in [-0.2, -0.15) is 0 Å². The van der Waals surface area contributed by atoms with Crippen LogP contribution < -0.4 is 10.2 Å². The van der Waals surface area contributed by atoms with Gasteiger partial charge in [0.05, 0.1) is 6.04 Å². The smallest absolute Gasteiger partial charge is 0.243 e. The Morgan fingerprint density at radius 1 is 1.32 bits per heavy atom. The summed E-state index contributed by atoms with van der Waals surface area (Å²) in [7, 11) is 1.87. The number of hydrogen-bond acceptors (Lipinski definition) is 2. The second kappa shape index (κ2) is 6.20. The predicted octanol–water partition coefficient (Wildman–Crippen LogP) is 2.74. The van der Waals surface area contributed by atoms with Crippen LogP contribution in [0.25, 0.3) is 0 Å². The number of nitrogens with zero attached hydrogens (tertiary/aromatic N) is 1. The molecule has 0 bridgehead atoms. The van der Waals surface area contributed by atoms with Crippen LogP contribution in [0, 0.1) is 0 Å². The van der Waals surface area contributed by atoms with E-state index in [0.717, 1.165) is 24.9 Å². The third-order valence-corrected chi connectivity index (χ3v) is 3.98. The molecule has 0 aliphatic carbocycles. The van der Waals surface area contributed by atoms with Crippen LogP contribution in [-0.4, -0.2) is 25.0 Å². The maximum atomic E-state index is 12.5. The van der Waals surface area contributed by atoms with E-state index in [-0.39, 0.29) is 11.9 Å². The summed E-state index contributed by atoms with van der Waals surface area (Å²) in [6.07, 6.45) is 4.27. The highest BCUT2D eigenvalue weighted by Gasteiger charge is 2.27. The van der Waals surface area contributed by atoms with E-state index in [0.29, 0.717) is 6.04 Å². The molecule has 1 amide bonds. The number of nitrogens with one attached hydrogen (secondary N) is 1. The SMILES string of the molecule is CCc1ccc(N(C)C(=O)C2CCCC(C)N2)cc1. The van der Waals surface area contributed by atoms with Gasteiger partial charge in [0.15, 0.2) is 0 Å². The highest BCUT2D eigenvalue weighted by Crippen LogP contribution is 2.19. The number of rotatable bonds is 3. The van der Waals surface area contributed by atoms with Crippen LogP contribution in [0.3, 0.4) is 0 Å². The Hall–Kier alpha value is -1.35. The molecule has 3 nitrogen and oxygen atoms in total. The fraction of sp³-hybridized carbons (Fsp3) is 0.562. The fourth-order valence-electron chi connectivity index (χ4n) is 2.65. The zero-order valence-electron chi connectivity index (χ0n) is 12.1. The summed E-state index contributed by atoms with van der Waals surface area (Å²) in [6, 6.07) is 8.66. The second-order valence-electron chi connectivity index (χ2n) is 5.47. The lowest BCUT2D eigenvalue weighted by Gasteiger charge is -2.31. The molecule has 2 rings (SSSR count). The van der Waals surface area contributed by atoms with E-state index < -0.39 is 0 Å². The van der Waals surface area contributed by atoms with Crippen LogP contribution in [0.2, 0.25) is 0 Å². The highest BCUT2D eigenvalue weighted by molar-refractivity contribution is 5.96. The minimum Gasteiger partial charge on any atom is -0.314 e. The van der Waals surface area contributed by atoms with Gasteiger partial charge in [-0.05, 0) is 50.3 Å². The number of aryl methyl sites for hydroxylation is 1. The first-order chi connectivity index (χ1) is 9.11. The summed E-state index contributed by atoms with van der Waals surface area (Å²) in [5, 5.41) is 3.40. The van der Waals surface area contributed by atoms with Gasteiger partial charge in [-0.15, -0.1) is 0 Å². The number of amides is 1. The highest BCUT2D eigenvalue weighted by atomic mass is 16.2. The monoisotopic (exact) mass is 260 g/mol. The topological polar surface area (TPSA) is 32.3 Å². The summed E-state index contributed by atoms with van der Waals surface area (Å²) in [5.41, 5.74) is 2.27. The quantitative estimate of drug-likeness (QED) is 0.906. The number of anilines is 1. The molecule has 1 N–H and O–H groups in total. The largest absolute Gasteiger partial charge is 0.314 e. The summed E-state index contributed by atoms with van der Waals surface area (Å²) in [6.45, 7) is 4.28. The minimum atomic E-state index is -0.0281. The van der Waals surface area contributed by atoms with Gasteiger partial charge in [0, 0.05) is 18.8 Å². The Morgan fingerprint density at radius 3 is 2.58 bits per heavy atom. The molecular formula is C16H24N2O. The number of likely N-dealkylation sites (N-methyl/N-ethyl adjacent to an activating group) is 1. The first kappa shape index (κ1) is 14.1. The molecule has 0 spiro atoms. The Balaban J connectivity index is 2.05. The third kappa shape index (κ3) is 3.35. The van der Waals surface area contributed by atoms with Crippen molar-refractivity contribution in [3.8, 4) is 0 Å². The number of hydrogen-bond donors (Lipinski definition) is 1. The summed E-state index contributed by atoms with van der Waals surface area (Å²) in [4.78, 5) is 14.2. The Bertz CT molecular complexity index is 427. The molecule has 2 unspecified atom stereocenters. The maximum Gasteiger partial charge on any atom is 0.243 e. The first-order valence-corrected chi connectivity index (χ1v) is 7.24. The number of piperidine rings is 1. The summed E-state index contributed by atoms with van der Waals surface area (Å²) < 4.78 is 0. The maximum absolute atomic E-state index is 12.5. The van der Waals surface area contributed by atoms with Gasteiger partial charge < -0.3 is 10.2 Å². The van der Waals surface area contributed by atoms with Gasteiger partial charge in [-0.3, -0.25) is 4.79 Å². The van der Waals surface area contributed by atoms with E-state index in [1.54, 1.807) is 4.90 Å². The molecule has 0 aromatic heterocycles. The Kier molecular flexibility index (Phi) is 4.59. The average molecular weight is 260 g/mol. The van der Waals surface area contributed by atoms with Crippen LogP contribution >= 0.6 is 0 Å². The molecular weight excluding hydrogens is 236 g/mol. The van der Waals surface area contributed by atoms with Crippen LogP contribution in [0.4, 0.5) is 5.69 Å². The van der Waals surface area contributed by atoms with Crippen LogP contribution in [0.1, 0.15) is 38.7 Å². The average Bonchev–Trinajstić information content (AvgIpc) is 2.46. The molecule has 1 aliphatic rings. The van der Waals surface area contributed by atoms with E-state index in [9.17, 15) is 4.79 Å². The molecule has 1 aromatic carbocycles. The van der Waals surface area contributed by atoms with E-state index in [4.69, 9.17) is 0 Å². The number of carbonyl (C=O) groups is 1. The molecule has 1 aliphatic heterocycles. The van der Waals surface area contributed by atoms with Crippen molar-refractivity contribution in [3.63, 3.8) is 0 Å². The number of carbonyl (C=O) groups excluding carboxylic acids is 1. The van der Waals surface area contributed by atoms with Gasteiger partial charge in [-0.1, -0.05) is 19.1 Å². The molecule has 0 saturated carbocycles. The van der Waals surface area contributed by atoms with E-state index in [2.05, 4.69) is 31.3 Å². The molecule has 3 heteroatoms. The molecule has 1 fully saturated rings. The van der Waals surface area contributed by atoms with Crippen molar-refractivity contribution in [2.75, 3.05) is 11.9 Å². The fourth-order valence-corrected chi connectivity index (χ4v) is 2.65. The second-order valence-corrected chi connectivity index (χ2v) is 5.47. The summed E-state index contributed by atoms with van der Waals surface area (Å²) >= 11 is 0. The lowest BCUT2D eigenvalue weighted by atomic mass is 9.98. The van der Waals surface area contributed by atoms with Crippen molar-refractivity contribution >= 4 is 11.6 Å². The van der Waals surface area contributed by atoms with Crippen LogP contribution in [-0.2, 0) is 11.2 Å². The zero-order valence-corrected chi connectivity index (χ0v) is 12.1. The van der Waals surface area contributed by atoms with Gasteiger partial charge in [0.25, 0.3) is 0 Å². The van der Waals surface area contributed by atoms with Gasteiger partial charge in [-0.25, -0.2) is 0 Å². The molecule has 1 heterocycles. The van der Waals surface area contributed by atoms with Crippen molar-refractivity contribution in [2.45, 2.75) is 51.6 Å². The van der Waals surface area contributed by atoms with Crippen LogP contribution in [0.5, 0.6) is 0 Å². The Morgan fingerprint density at radius 2 is 2.00 bits per heavy atom. The molecule has 1 saturated heterocycles. The first-order valence-electron chi connectivity index (χ1n) is 7.24. The molecule has 2 atom stereocenters. The molecule has 19 heavy (non-hydrogen) atoms. The van der Waals surface area contributed by atoms with Crippen molar-refractivity contribution in [1.82, 2.24) is 5.32 Å². The standard InChI is InChI=1S/C16H24N2O/c1-4-13-8-10-14(11-9-13)18(3)16(19)15-7-5-6-12(2)17-15/h8-12,15,17H,4-7H2,1-3H3. The lowest BCUT2D eigenvalue weighted by molar-refractivity contribution is -0.121. The number of benzene rings is 1. The predicted molar refractivity (Wildman–Crippen MR) is 79.5 cm³/mol. The van der Waals surface area contributed by atoms with Crippen LogP contribution in [0.15, 0.2) is 24.3 Å². The Labute approximate surface area is 116 Å². The van der Waals surface area contributed by atoms with Gasteiger partial charge in [0.1, 0.15) is 0 Å². The van der Waals surface area contributed by atoms with Crippen molar-refractivity contribution in [2.24, 2.45) is 0 Å². The summed E-state index contributed by atoms with van der Waals surface area (Å²) in [5.74, 6) is 0.177. The third-order valence-electron chi connectivity index (χ3n) is 3.98. The van der Waals surface area contributed by atoms with Crippen molar-refractivity contribution < 1.29 is 4.79 Å². The molecule has 0 radical (unpaired) electrons. The van der Waals surface area contributed by atoms with Gasteiger partial charge >= 0.3 is 0 Å². The molecule has 1 aromatic rings. The van der Waals surface area contributed by atoms with E-state index in [1.165, 1.54) is 12.0 Å². The van der Waals surface area contributed by atoms with E-state index >= 15 is 0 Å². The zero-order chi connectivity index (χ0) is 13.8. The normalized spacial score (nSPS) is 23.1. The van der Waals surface area contributed by atoms with Gasteiger partial charge in [0.2, 0.25) is 5.91 Å².